The van der Waals surface area contributed by atoms with Crippen LogP contribution in [0.15, 0.2) is 79.0 Å². The van der Waals surface area contributed by atoms with Gasteiger partial charge in [-0.25, -0.2) is 4.68 Å². The van der Waals surface area contributed by atoms with Crippen molar-refractivity contribution in [3.05, 3.63) is 95.8 Å². The standard InChI is InChI=1S/C33H39N5O3/c1-33(2,3)24-15-17-25(18-16-24)38-26(22-30(37-38)29-13-7-8-19-35-29)11-5-4-6-14-31(40)36-32(41)28(34)21-23-10-9-12-27(39)20-23/h7-10,12-13,15-20,22,28,39H,4-6,11,14,21,34H2,1-3H3,(H,36,40,41)/t28-/m0/s1. The van der Waals surface area contributed by atoms with Crippen molar-refractivity contribution in [3.63, 3.8) is 0 Å². The van der Waals surface area contributed by atoms with Gasteiger partial charge in [-0.05, 0) is 84.7 Å². The minimum absolute atomic E-state index is 0.0679. The minimum atomic E-state index is -0.869. The fraction of sp³-hybridized carbons (Fsp3) is 0.333. The topological polar surface area (TPSA) is 123 Å². The van der Waals surface area contributed by atoms with Crippen LogP contribution in [0.1, 0.15) is 63.3 Å². The third kappa shape index (κ3) is 8.35. The zero-order valence-corrected chi connectivity index (χ0v) is 24.0. The van der Waals surface area contributed by atoms with Gasteiger partial charge in [0.2, 0.25) is 11.8 Å². The first-order valence-corrected chi connectivity index (χ1v) is 14.1. The number of nitrogens with zero attached hydrogens (tertiary/aromatic N) is 3. The predicted molar refractivity (Wildman–Crippen MR) is 161 cm³/mol. The molecule has 0 aliphatic rings. The monoisotopic (exact) mass is 553 g/mol. The van der Waals surface area contributed by atoms with Crippen LogP contribution in [0.5, 0.6) is 5.75 Å². The number of carbonyl (C=O) groups is 2. The van der Waals surface area contributed by atoms with Gasteiger partial charge >= 0.3 is 0 Å². The Kier molecular flexibility index (Phi) is 9.68. The summed E-state index contributed by atoms with van der Waals surface area (Å²) < 4.78 is 1.98. The third-order valence-electron chi connectivity index (χ3n) is 6.99. The fourth-order valence-electron chi connectivity index (χ4n) is 4.65. The molecule has 41 heavy (non-hydrogen) atoms. The number of nitrogens with two attached hydrogens (primary N) is 1. The lowest BCUT2D eigenvalue weighted by atomic mass is 9.87. The van der Waals surface area contributed by atoms with E-state index in [1.54, 1.807) is 30.5 Å². The molecule has 1 atom stereocenters. The number of imide groups is 1. The van der Waals surface area contributed by atoms with E-state index in [4.69, 9.17) is 10.8 Å². The summed E-state index contributed by atoms with van der Waals surface area (Å²) in [4.78, 5) is 29.2. The molecule has 8 heteroatoms. The molecule has 0 unspecified atom stereocenters. The molecule has 4 rings (SSSR count). The Bertz CT molecular complexity index is 1460. The fourth-order valence-corrected chi connectivity index (χ4v) is 4.65. The maximum atomic E-state index is 12.3. The van der Waals surface area contributed by atoms with E-state index >= 15 is 0 Å². The summed E-state index contributed by atoms with van der Waals surface area (Å²) in [6.07, 6.45) is 5.38. The van der Waals surface area contributed by atoms with Crippen LogP contribution in [-0.2, 0) is 27.8 Å². The first kappa shape index (κ1) is 29.7. The maximum absolute atomic E-state index is 12.3. The number of pyridine rings is 1. The van der Waals surface area contributed by atoms with Crippen LogP contribution in [0.25, 0.3) is 17.1 Å². The molecule has 0 bridgehead atoms. The number of hydrogen-bond acceptors (Lipinski definition) is 6. The number of benzene rings is 2. The van der Waals surface area contributed by atoms with Crippen molar-refractivity contribution in [1.82, 2.24) is 20.1 Å². The highest BCUT2D eigenvalue weighted by Gasteiger charge is 2.18. The van der Waals surface area contributed by atoms with Gasteiger partial charge in [0.1, 0.15) is 11.4 Å². The van der Waals surface area contributed by atoms with Gasteiger partial charge < -0.3 is 10.8 Å². The van der Waals surface area contributed by atoms with Crippen molar-refractivity contribution in [1.29, 1.82) is 0 Å². The molecular formula is C33H39N5O3. The van der Waals surface area contributed by atoms with Gasteiger partial charge in [-0.1, -0.05) is 57.5 Å². The van der Waals surface area contributed by atoms with Crippen LogP contribution >= 0.6 is 0 Å². The van der Waals surface area contributed by atoms with Crippen LogP contribution in [0.4, 0.5) is 0 Å². The molecule has 2 aromatic heterocycles. The molecule has 4 aromatic rings. The molecule has 0 saturated carbocycles. The van der Waals surface area contributed by atoms with Gasteiger partial charge in [0.05, 0.1) is 17.4 Å². The van der Waals surface area contributed by atoms with Gasteiger partial charge in [-0.3, -0.25) is 19.9 Å². The zero-order chi connectivity index (χ0) is 29.4. The van der Waals surface area contributed by atoms with Gasteiger partial charge in [-0.15, -0.1) is 0 Å². The lowest BCUT2D eigenvalue weighted by Gasteiger charge is -2.19. The van der Waals surface area contributed by atoms with Crippen molar-refractivity contribution in [2.75, 3.05) is 0 Å². The van der Waals surface area contributed by atoms with E-state index in [0.29, 0.717) is 6.42 Å². The number of carbonyl (C=O) groups excluding carboxylic acids is 2. The quantitative estimate of drug-likeness (QED) is 0.218. The molecular weight excluding hydrogens is 514 g/mol. The number of rotatable bonds is 11. The number of amides is 2. The van der Waals surface area contributed by atoms with E-state index in [9.17, 15) is 14.7 Å². The number of aryl methyl sites for hydroxylation is 1. The molecule has 2 amide bonds. The number of phenols is 1. The molecule has 214 valence electrons. The number of aromatic hydroxyl groups is 1. The number of phenolic OH excluding ortho intramolecular Hbond substituents is 1. The summed E-state index contributed by atoms with van der Waals surface area (Å²) in [7, 11) is 0. The number of aromatic nitrogens is 3. The molecule has 8 nitrogen and oxygen atoms in total. The molecule has 0 spiro atoms. The summed E-state index contributed by atoms with van der Waals surface area (Å²) in [6, 6.07) is 22.1. The molecule has 4 N–H and O–H groups in total. The lowest BCUT2D eigenvalue weighted by Crippen LogP contribution is -2.44. The molecule has 2 heterocycles. The van der Waals surface area contributed by atoms with Crippen molar-refractivity contribution in [2.24, 2.45) is 5.73 Å². The average molecular weight is 554 g/mol. The van der Waals surface area contributed by atoms with Gasteiger partial charge in [0, 0.05) is 18.3 Å². The molecule has 0 aliphatic heterocycles. The second kappa shape index (κ2) is 13.4. The Hall–Kier alpha value is -4.30. The van der Waals surface area contributed by atoms with Gasteiger partial charge in [-0.2, -0.15) is 5.10 Å². The summed E-state index contributed by atoms with van der Waals surface area (Å²) in [5.41, 5.74) is 11.7. The summed E-state index contributed by atoms with van der Waals surface area (Å²) >= 11 is 0. The maximum Gasteiger partial charge on any atom is 0.243 e. The smallest absolute Gasteiger partial charge is 0.243 e. The Morgan fingerprint density at radius 3 is 2.41 bits per heavy atom. The molecule has 0 fully saturated rings. The molecule has 2 aromatic carbocycles. The largest absolute Gasteiger partial charge is 0.508 e. The molecule has 0 aliphatic carbocycles. The van der Waals surface area contributed by atoms with Crippen LogP contribution < -0.4 is 11.1 Å². The first-order chi connectivity index (χ1) is 19.6. The van der Waals surface area contributed by atoms with Gasteiger partial charge in [0.15, 0.2) is 0 Å². The number of nitrogens with one attached hydrogen (secondary N) is 1. The van der Waals surface area contributed by atoms with Crippen molar-refractivity contribution >= 4 is 11.8 Å². The Morgan fingerprint density at radius 2 is 1.73 bits per heavy atom. The Morgan fingerprint density at radius 1 is 0.951 bits per heavy atom. The SMILES string of the molecule is CC(C)(C)c1ccc(-n2nc(-c3ccccn3)cc2CCCCCC(=O)NC(=O)[C@@H](N)Cc2cccc(O)c2)cc1. The second-order valence-electron chi connectivity index (χ2n) is 11.4. The minimum Gasteiger partial charge on any atom is -0.508 e. The average Bonchev–Trinajstić information content (AvgIpc) is 3.37. The van der Waals surface area contributed by atoms with E-state index in [-0.39, 0.29) is 29.9 Å². The first-order valence-electron chi connectivity index (χ1n) is 14.1. The molecule has 0 saturated heterocycles. The van der Waals surface area contributed by atoms with Crippen molar-refractivity contribution < 1.29 is 14.7 Å². The van der Waals surface area contributed by atoms with E-state index in [1.807, 2.05) is 22.9 Å². The highest BCUT2D eigenvalue weighted by atomic mass is 16.3. The third-order valence-corrected chi connectivity index (χ3v) is 6.99. The summed E-state index contributed by atoms with van der Waals surface area (Å²) in [5.74, 6) is -0.731. The lowest BCUT2D eigenvalue weighted by molar-refractivity contribution is -0.131. The molecule has 0 radical (unpaired) electrons. The van der Waals surface area contributed by atoms with E-state index in [2.05, 4.69) is 61.4 Å². The van der Waals surface area contributed by atoms with Crippen molar-refractivity contribution in [3.8, 4) is 22.8 Å². The van der Waals surface area contributed by atoms with Crippen LogP contribution in [-0.4, -0.2) is 37.7 Å². The van der Waals surface area contributed by atoms with E-state index in [0.717, 1.165) is 47.6 Å². The van der Waals surface area contributed by atoms with Crippen LogP contribution in [0.2, 0.25) is 0 Å². The zero-order valence-electron chi connectivity index (χ0n) is 24.0. The number of hydrogen-bond donors (Lipinski definition) is 3. The van der Waals surface area contributed by atoms with Crippen LogP contribution in [0.3, 0.4) is 0 Å². The Labute approximate surface area is 241 Å². The van der Waals surface area contributed by atoms with Crippen LogP contribution in [0, 0.1) is 0 Å². The summed E-state index contributed by atoms with van der Waals surface area (Å²) in [6.45, 7) is 6.59. The Balaban J connectivity index is 1.31. The van der Waals surface area contributed by atoms with Crippen molar-refractivity contribution in [2.45, 2.75) is 70.8 Å². The second-order valence-corrected chi connectivity index (χ2v) is 11.4. The van der Waals surface area contributed by atoms with E-state index < -0.39 is 11.9 Å². The predicted octanol–water partition coefficient (Wildman–Crippen LogP) is 5.25. The highest BCUT2D eigenvalue weighted by Crippen LogP contribution is 2.26. The summed E-state index contributed by atoms with van der Waals surface area (Å²) in [5, 5.41) is 16.9. The normalized spacial score (nSPS) is 12.2. The van der Waals surface area contributed by atoms with Gasteiger partial charge in [0.25, 0.3) is 0 Å². The highest BCUT2D eigenvalue weighted by molar-refractivity contribution is 5.97. The number of unbranched alkanes of at least 4 members (excludes halogenated alkanes) is 2. The van der Waals surface area contributed by atoms with E-state index in [1.165, 1.54) is 5.56 Å².